The number of rotatable bonds is 10. The van der Waals surface area contributed by atoms with E-state index in [2.05, 4.69) is 0 Å². The molecule has 3 aromatic carbocycles. The van der Waals surface area contributed by atoms with E-state index in [1.165, 1.54) is 0 Å². The first-order valence-corrected chi connectivity index (χ1v) is 10.8. The molecule has 0 fully saturated rings. The quantitative estimate of drug-likeness (QED) is 0.384. The third kappa shape index (κ3) is 6.74. The molecule has 0 saturated carbocycles. The van der Waals surface area contributed by atoms with E-state index in [0.717, 1.165) is 16.7 Å². The van der Waals surface area contributed by atoms with Gasteiger partial charge in [0.1, 0.15) is 0 Å². The molecule has 5 heteroatoms. The van der Waals surface area contributed by atoms with Crippen molar-refractivity contribution in [3.05, 3.63) is 108 Å². The second-order valence-electron chi connectivity index (χ2n) is 6.57. The smallest absolute Gasteiger partial charge is 0.283 e. The van der Waals surface area contributed by atoms with Gasteiger partial charge in [0.15, 0.2) is 0 Å². The molecule has 0 aliphatic rings. The standard InChI is InChI=1S/C23H25O4P/c1-20(17-21-11-5-2-6-12-21)27-28(24,25-18-22-13-7-3-8-14-22)26-19-23-15-9-4-10-16-23/h2-16,20H,17-19H2,1H3. The van der Waals surface area contributed by atoms with E-state index in [1.54, 1.807) is 0 Å². The van der Waals surface area contributed by atoms with E-state index in [9.17, 15) is 4.57 Å². The molecule has 3 aromatic rings. The van der Waals surface area contributed by atoms with Crippen molar-refractivity contribution in [2.24, 2.45) is 0 Å². The fourth-order valence-electron chi connectivity index (χ4n) is 2.76. The molecule has 0 amide bonds. The third-order valence-electron chi connectivity index (χ3n) is 4.14. The van der Waals surface area contributed by atoms with Crippen molar-refractivity contribution >= 4 is 7.82 Å². The van der Waals surface area contributed by atoms with Crippen LogP contribution in [0.3, 0.4) is 0 Å². The number of phosphoric acid groups is 1. The van der Waals surface area contributed by atoms with Crippen molar-refractivity contribution in [2.45, 2.75) is 32.7 Å². The lowest BCUT2D eigenvalue weighted by molar-refractivity contribution is 0.0761. The Morgan fingerprint density at radius 2 is 1.07 bits per heavy atom. The van der Waals surface area contributed by atoms with Crippen molar-refractivity contribution in [3.8, 4) is 0 Å². The van der Waals surface area contributed by atoms with Crippen molar-refractivity contribution in [1.29, 1.82) is 0 Å². The van der Waals surface area contributed by atoms with Gasteiger partial charge in [0, 0.05) is 0 Å². The summed E-state index contributed by atoms with van der Waals surface area (Å²) in [6, 6.07) is 29.1. The van der Waals surface area contributed by atoms with Gasteiger partial charge < -0.3 is 0 Å². The molecular weight excluding hydrogens is 371 g/mol. The Bertz CT molecular complexity index is 821. The predicted octanol–water partition coefficient (Wildman–Crippen LogP) is 6.18. The number of hydrogen-bond acceptors (Lipinski definition) is 4. The van der Waals surface area contributed by atoms with Gasteiger partial charge in [-0.25, -0.2) is 4.57 Å². The van der Waals surface area contributed by atoms with Crippen LogP contribution in [-0.4, -0.2) is 6.10 Å². The van der Waals surface area contributed by atoms with Crippen LogP contribution in [0.2, 0.25) is 0 Å². The van der Waals surface area contributed by atoms with Crippen LogP contribution in [0.5, 0.6) is 0 Å². The lowest BCUT2D eigenvalue weighted by Crippen LogP contribution is -2.13. The SMILES string of the molecule is CC(Cc1ccccc1)OP(=O)(OCc1ccccc1)OCc1ccccc1. The number of phosphoric ester groups is 1. The van der Waals surface area contributed by atoms with Gasteiger partial charge in [0.2, 0.25) is 0 Å². The van der Waals surface area contributed by atoms with Gasteiger partial charge in [-0.15, -0.1) is 0 Å². The Morgan fingerprint density at radius 3 is 1.50 bits per heavy atom. The van der Waals surface area contributed by atoms with Crippen molar-refractivity contribution in [2.75, 3.05) is 0 Å². The molecule has 1 unspecified atom stereocenters. The normalized spacial score (nSPS) is 12.6. The van der Waals surface area contributed by atoms with Crippen LogP contribution in [0.15, 0.2) is 91.0 Å². The lowest BCUT2D eigenvalue weighted by atomic mass is 10.1. The average Bonchev–Trinajstić information content (AvgIpc) is 2.73. The highest BCUT2D eigenvalue weighted by molar-refractivity contribution is 7.48. The molecule has 3 rings (SSSR count). The fourth-order valence-corrected chi connectivity index (χ4v) is 4.08. The average molecular weight is 396 g/mol. The maximum atomic E-state index is 13.3. The summed E-state index contributed by atoms with van der Waals surface area (Å²) in [4.78, 5) is 0. The molecule has 0 aliphatic carbocycles. The van der Waals surface area contributed by atoms with Crippen molar-refractivity contribution < 1.29 is 18.1 Å². The van der Waals surface area contributed by atoms with Crippen LogP contribution < -0.4 is 0 Å². The first kappa shape index (κ1) is 20.5. The van der Waals surface area contributed by atoms with Gasteiger partial charge in [-0.05, 0) is 30.0 Å². The molecule has 0 aromatic heterocycles. The summed E-state index contributed by atoms with van der Waals surface area (Å²) < 4.78 is 30.4. The summed E-state index contributed by atoms with van der Waals surface area (Å²) in [5.41, 5.74) is 2.92. The highest BCUT2D eigenvalue weighted by Crippen LogP contribution is 2.52. The molecule has 4 nitrogen and oxygen atoms in total. The van der Waals surface area contributed by atoms with E-state index in [1.807, 2.05) is 97.9 Å². The molecule has 0 aliphatic heterocycles. The highest BCUT2D eigenvalue weighted by Gasteiger charge is 2.30. The molecule has 0 heterocycles. The fraction of sp³-hybridized carbons (Fsp3) is 0.217. The Morgan fingerprint density at radius 1 is 0.679 bits per heavy atom. The van der Waals surface area contributed by atoms with Crippen LogP contribution in [-0.2, 0) is 37.8 Å². The van der Waals surface area contributed by atoms with Gasteiger partial charge in [-0.2, -0.15) is 0 Å². The minimum atomic E-state index is -3.74. The second kappa shape index (κ2) is 10.4. The molecular formula is C23H25O4P. The summed E-state index contributed by atoms with van der Waals surface area (Å²) in [5, 5.41) is 0. The Balaban J connectivity index is 1.66. The minimum Gasteiger partial charge on any atom is -0.283 e. The molecule has 0 saturated heterocycles. The first-order chi connectivity index (χ1) is 13.6. The topological polar surface area (TPSA) is 44.8 Å². The van der Waals surface area contributed by atoms with Crippen molar-refractivity contribution in [1.82, 2.24) is 0 Å². The monoisotopic (exact) mass is 396 g/mol. The first-order valence-electron chi connectivity index (χ1n) is 9.32. The van der Waals surface area contributed by atoms with Crippen molar-refractivity contribution in [3.63, 3.8) is 0 Å². The van der Waals surface area contributed by atoms with E-state index >= 15 is 0 Å². The van der Waals surface area contributed by atoms with Gasteiger partial charge in [0.05, 0.1) is 19.3 Å². The second-order valence-corrected chi connectivity index (χ2v) is 8.19. The Labute approximate surface area is 166 Å². The van der Waals surface area contributed by atoms with E-state index in [0.29, 0.717) is 6.42 Å². The summed E-state index contributed by atoms with van der Waals surface area (Å²) in [6.45, 7) is 2.19. The number of hydrogen-bond donors (Lipinski definition) is 0. The maximum Gasteiger partial charge on any atom is 0.475 e. The highest BCUT2D eigenvalue weighted by atomic mass is 31.2. The van der Waals surface area contributed by atoms with Gasteiger partial charge in [0.25, 0.3) is 0 Å². The Kier molecular flexibility index (Phi) is 7.58. The van der Waals surface area contributed by atoms with Crippen LogP contribution in [0.25, 0.3) is 0 Å². The van der Waals surface area contributed by atoms with Gasteiger partial charge in [-0.3, -0.25) is 13.6 Å². The summed E-state index contributed by atoms with van der Waals surface area (Å²) in [7, 11) is -3.74. The zero-order valence-corrected chi connectivity index (χ0v) is 16.8. The molecule has 0 N–H and O–H groups in total. The number of benzene rings is 3. The van der Waals surface area contributed by atoms with Crippen LogP contribution in [0.4, 0.5) is 0 Å². The molecule has 28 heavy (non-hydrogen) atoms. The van der Waals surface area contributed by atoms with E-state index in [-0.39, 0.29) is 19.3 Å². The van der Waals surface area contributed by atoms with E-state index in [4.69, 9.17) is 13.6 Å². The summed E-state index contributed by atoms with van der Waals surface area (Å²) in [6.07, 6.45) is 0.300. The summed E-state index contributed by atoms with van der Waals surface area (Å²) >= 11 is 0. The Hall–Kier alpha value is -2.23. The zero-order valence-electron chi connectivity index (χ0n) is 15.9. The molecule has 0 spiro atoms. The lowest BCUT2D eigenvalue weighted by Gasteiger charge is -2.22. The third-order valence-corrected chi connectivity index (χ3v) is 5.65. The maximum absolute atomic E-state index is 13.3. The molecule has 146 valence electrons. The largest absolute Gasteiger partial charge is 0.475 e. The predicted molar refractivity (Wildman–Crippen MR) is 111 cm³/mol. The van der Waals surface area contributed by atoms with Gasteiger partial charge in [-0.1, -0.05) is 91.0 Å². The van der Waals surface area contributed by atoms with E-state index < -0.39 is 7.82 Å². The van der Waals surface area contributed by atoms with Crippen LogP contribution in [0, 0.1) is 0 Å². The minimum absolute atomic E-state index is 0.158. The van der Waals surface area contributed by atoms with Crippen LogP contribution in [0.1, 0.15) is 23.6 Å². The van der Waals surface area contributed by atoms with Gasteiger partial charge >= 0.3 is 7.82 Å². The molecule has 1 atom stereocenters. The molecule has 0 radical (unpaired) electrons. The molecule has 0 bridgehead atoms. The zero-order chi connectivity index (χ0) is 19.7. The van der Waals surface area contributed by atoms with Crippen LogP contribution >= 0.6 is 7.82 Å². The summed E-state index contributed by atoms with van der Waals surface area (Å²) in [5.74, 6) is 0.